The Hall–Kier alpha value is -2.85. The fourth-order valence-electron chi connectivity index (χ4n) is 4.01. The first-order valence-electron chi connectivity index (χ1n) is 8.77. The highest BCUT2D eigenvalue weighted by Crippen LogP contribution is 2.32. The minimum absolute atomic E-state index is 0.149. The number of nitrogens with one attached hydrogen (secondary N) is 1. The van der Waals surface area contributed by atoms with E-state index in [1.54, 1.807) is 18.3 Å². The fraction of sp³-hybridized carbons (Fsp3) is 0.421. The van der Waals surface area contributed by atoms with Crippen molar-refractivity contribution in [2.24, 2.45) is 11.7 Å². The number of rotatable bonds is 2. The first-order chi connectivity index (χ1) is 12.5. The van der Waals surface area contributed by atoms with Crippen LogP contribution < -0.4 is 11.1 Å². The number of hydrogen-bond donors (Lipinski definition) is 2. The van der Waals surface area contributed by atoms with Crippen molar-refractivity contribution in [3.63, 3.8) is 0 Å². The van der Waals surface area contributed by atoms with Crippen LogP contribution in [0.5, 0.6) is 0 Å². The average Bonchev–Trinajstić information content (AvgIpc) is 3.05. The molecule has 2 atom stereocenters. The molecule has 134 valence electrons. The lowest BCUT2D eigenvalue weighted by Gasteiger charge is -2.49. The summed E-state index contributed by atoms with van der Waals surface area (Å²) < 4.78 is 5.56. The van der Waals surface area contributed by atoms with Crippen LogP contribution in [0, 0.1) is 17.8 Å². The summed E-state index contributed by atoms with van der Waals surface area (Å²) in [6.07, 6.45) is 3.83. The number of piperidine rings is 3. The molecule has 0 saturated carbocycles. The average molecular weight is 352 g/mol. The van der Waals surface area contributed by atoms with Crippen molar-refractivity contribution in [3.8, 4) is 11.8 Å². The van der Waals surface area contributed by atoms with Crippen molar-refractivity contribution < 1.29 is 14.0 Å². The molecule has 0 aliphatic carbocycles. The van der Waals surface area contributed by atoms with Gasteiger partial charge >= 0.3 is 0 Å². The molecule has 3 aliphatic heterocycles. The summed E-state index contributed by atoms with van der Waals surface area (Å²) in [5.41, 5.74) is 5.81. The van der Waals surface area contributed by atoms with Gasteiger partial charge in [0.2, 0.25) is 0 Å². The smallest absolute Gasteiger partial charge is 0.293 e. The van der Waals surface area contributed by atoms with Crippen LogP contribution in [0.1, 0.15) is 36.0 Å². The van der Waals surface area contributed by atoms with Crippen LogP contribution in [-0.2, 0) is 4.79 Å². The molecule has 2 bridgehead atoms. The van der Waals surface area contributed by atoms with Gasteiger partial charge in [-0.1, -0.05) is 0 Å². The number of nitrogens with two attached hydrogens (primary N) is 1. The maximum Gasteiger partial charge on any atom is 0.293 e. The fourth-order valence-corrected chi connectivity index (χ4v) is 4.01. The largest absolute Gasteiger partial charge is 0.448 e. The number of furan rings is 1. The van der Waals surface area contributed by atoms with Crippen LogP contribution in [-0.4, -0.2) is 46.9 Å². The van der Waals surface area contributed by atoms with E-state index in [4.69, 9.17) is 10.2 Å². The van der Waals surface area contributed by atoms with E-state index in [9.17, 15) is 9.59 Å². The summed E-state index contributed by atoms with van der Waals surface area (Å²) in [6, 6.07) is 3.76. The Kier molecular flexibility index (Phi) is 4.13. The Morgan fingerprint density at radius 2 is 2.12 bits per heavy atom. The number of aromatic nitrogens is 1. The molecule has 2 amide bonds. The van der Waals surface area contributed by atoms with E-state index in [0.717, 1.165) is 25.9 Å². The van der Waals surface area contributed by atoms with E-state index in [1.165, 1.54) is 0 Å². The molecule has 0 radical (unpaired) electrons. The lowest BCUT2D eigenvalue weighted by molar-refractivity contribution is -0.112. The summed E-state index contributed by atoms with van der Waals surface area (Å²) in [7, 11) is 0. The number of nitrogens with zero attached hydrogens (tertiary/aromatic N) is 2. The monoisotopic (exact) mass is 352 g/mol. The minimum atomic E-state index is -0.727. The second-order valence-electron chi connectivity index (χ2n) is 6.95. The van der Waals surface area contributed by atoms with E-state index in [-0.39, 0.29) is 11.9 Å². The van der Waals surface area contributed by atoms with Gasteiger partial charge in [0, 0.05) is 41.7 Å². The van der Waals surface area contributed by atoms with Gasteiger partial charge < -0.3 is 15.5 Å². The Morgan fingerprint density at radius 1 is 1.35 bits per heavy atom. The van der Waals surface area contributed by atoms with Gasteiger partial charge in [-0.2, -0.15) is 0 Å². The zero-order valence-corrected chi connectivity index (χ0v) is 14.5. The summed E-state index contributed by atoms with van der Waals surface area (Å²) in [4.78, 5) is 30.1. The van der Waals surface area contributed by atoms with Crippen molar-refractivity contribution in [1.29, 1.82) is 0 Å². The van der Waals surface area contributed by atoms with E-state index in [1.807, 2.05) is 0 Å². The SMILES string of the molecule is C[C@H]1[C@H](NC(=O)c2cc3oc(C#CC(N)=O)cc3cn2)C2CCN1CC2. The molecular formula is C19H20N4O3. The molecule has 5 rings (SSSR count). The second-order valence-corrected chi connectivity index (χ2v) is 6.95. The standard InChI is InChI=1S/C19H20N4O3/c1-11-18(12-4-6-23(11)7-5-12)22-19(25)15-9-16-13(10-21-15)8-14(26-16)2-3-17(20)24/h8-12,18H,4-7H2,1H3,(H2,20,24)(H,22,25)/t11-,18-/m0/s1. The predicted octanol–water partition coefficient (Wildman–Crippen LogP) is 0.877. The third kappa shape index (κ3) is 3.04. The summed E-state index contributed by atoms with van der Waals surface area (Å²) >= 11 is 0. The van der Waals surface area contributed by atoms with Crippen LogP contribution in [0.25, 0.3) is 11.0 Å². The van der Waals surface area contributed by atoms with Crippen LogP contribution in [0.3, 0.4) is 0 Å². The van der Waals surface area contributed by atoms with E-state index in [0.29, 0.717) is 34.4 Å². The van der Waals surface area contributed by atoms with Crippen molar-refractivity contribution in [1.82, 2.24) is 15.2 Å². The van der Waals surface area contributed by atoms with Crippen LogP contribution in [0.4, 0.5) is 0 Å². The quantitative estimate of drug-likeness (QED) is 0.781. The Balaban J connectivity index is 1.54. The highest BCUT2D eigenvalue weighted by molar-refractivity contribution is 5.96. The maximum atomic E-state index is 12.7. The predicted molar refractivity (Wildman–Crippen MR) is 95.1 cm³/mol. The van der Waals surface area contributed by atoms with Gasteiger partial charge in [0.15, 0.2) is 5.76 Å². The Bertz CT molecular complexity index is 929. The second kappa shape index (κ2) is 6.46. The van der Waals surface area contributed by atoms with Crippen molar-refractivity contribution >= 4 is 22.8 Å². The van der Waals surface area contributed by atoms with Crippen molar-refractivity contribution in [2.45, 2.75) is 31.8 Å². The van der Waals surface area contributed by atoms with Gasteiger partial charge in [-0.05, 0) is 44.7 Å². The first kappa shape index (κ1) is 16.6. The van der Waals surface area contributed by atoms with Gasteiger partial charge in [0.25, 0.3) is 11.8 Å². The zero-order valence-electron chi connectivity index (χ0n) is 14.5. The summed E-state index contributed by atoms with van der Waals surface area (Å²) in [6.45, 7) is 4.40. The molecule has 5 heterocycles. The number of amides is 2. The topological polar surface area (TPSA) is 101 Å². The van der Waals surface area contributed by atoms with Crippen LogP contribution >= 0.6 is 0 Å². The first-order valence-corrected chi connectivity index (χ1v) is 8.77. The Labute approximate surface area is 150 Å². The molecule has 3 aliphatic rings. The molecule has 7 nitrogen and oxygen atoms in total. The van der Waals surface area contributed by atoms with Gasteiger partial charge in [-0.3, -0.25) is 19.5 Å². The van der Waals surface area contributed by atoms with E-state index < -0.39 is 5.91 Å². The van der Waals surface area contributed by atoms with Gasteiger partial charge in [-0.15, -0.1) is 0 Å². The maximum absolute atomic E-state index is 12.7. The molecule has 2 aromatic heterocycles. The van der Waals surface area contributed by atoms with Crippen LogP contribution in [0.2, 0.25) is 0 Å². The number of carbonyl (C=O) groups excluding carboxylic acids is 2. The summed E-state index contributed by atoms with van der Waals surface area (Å²) in [5.74, 6) is 4.69. The molecule has 0 aromatic carbocycles. The van der Waals surface area contributed by atoms with Crippen molar-refractivity contribution in [3.05, 3.63) is 29.8 Å². The molecule has 7 heteroatoms. The Morgan fingerprint density at radius 3 is 2.81 bits per heavy atom. The van der Waals surface area contributed by atoms with Crippen molar-refractivity contribution in [2.75, 3.05) is 13.1 Å². The molecule has 26 heavy (non-hydrogen) atoms. The lowest BCUT2D eigenvalue weighted by atomic mass is 9.79. The number of carbonyl (C=O) groups is 2. The third-order valence-corrected chi connectivity index (χ3v) is 5.42. The highest BCUT2D eigenvalue weighted by atomic mass is 16.3. The van der Waals surface area contributed by atoms with Gasteiger partial charge in [0.05, 0.1) is 0 Å². The number of pyridine rings is 1. The van der Waals surface area contributed by atoms with E-state index in [2.05, 4.69) is 34.0 Å². The number of hydrogen-bond acceptors (Lipinski definition) is 5. The van der Waals surface area contributed by atoms with E-state index >= 15 is 0 Å². The van der Waals surface area contributed by atoms with Crippen LogP contribution in [0.15, 0.2) is 22.7 Å². The molecule has 0 spiro atoms. The molecule has 0 unspecified atom stereocenters. The van der Waals surface area contributed by atoms with Gasteiger partial charge in [-0.25, -0.2) is 0 Å². The molecule has 3 saturated heterocycles. The highest BCUT2D eigenvalue weighted by Gasteiger charge is 2.40. The number of fused-ring (bicyclic) bond motifs is 4. The molecule has 3 N–H and O–H groups in total. The normalized spacial score (nSPS) is 27.0. The lowest BCUT2D eigenvalue weighted by Crippen LogP contribution is -2.62. The molecular weight excluding hydrogens is 332 g/mol. The number of primary amides is 1. The zero-order chi connectivity index (χ0) is 18.3. The molecule has 3 fully saturated rings. The minimum Gasteiger partial charge on any atom is -0.448 e. The third-order valence-electron chi connectivity index (χ3n) is 5.42. The summed E-state index contributed by atoms with van der Waals surface area (Å²) in [5, 5.41) is 3.87. The molecule has 2 aromatic rings. The van der Waals surface area contributed by atoms with Gasteiger partial charge in [0.1, 0.15) is 11.3 Å².